The van der Waals surface area contributed by atoms with E-state index in [2.05, 4.69) is 25.9 Å². The van der Waals surface area contributed by atoms with E-state index < -0.39 is 4.92 Å². The monoisotopic (exact) mass is 246 g/mol. The molecule has 94 valence electrons. The molecule has 18 heavy (non-hydrogen) atoms. The summed E-state index contributed by atoms with van der Waals surface area (Å²) in [4.78, 5) is 15.7. The fraction of sp³-hybridized carbons (Fsp3) is 0.462. The Labute approximate surface area is 105 Å². The summed E-state index contributed by atoms with van der Waals surface area (Å²) in [6.07, 6.45) is 0. The Balaban J connectivity index is 1.92. The van der Waals surface area contributed by atoms with Crippen LogP contribution in [0.1, 0.15) is 26.3 Å². The van der Waals surface area contributed by atoms with Gasteiger partial charge in [-0.25, -0.2) is 0 Å². The number of nitrogens with zero attached hydrogens (tertiary/aromatic N) is 2. The van der Waals surface area contributed by atoms with Crippen molar-refractivity contribution in [1.29, 1.82) is 0 Å². The number of oxime groups is 1. The van der Waals surface area contributed by atoms with E-state index in [4.69, 9.17) is 4.84 Å². The quantitative estimate of drug-likeness (QED) is 0.595. The Bertz CT molecular complexity index is 562. The molecule has 1 saturated carbocycles. The summed E-state index contributed by atoms with van der Waals surface area (Å²) in [5, 5.41) is 14.7. The van der Waals surface area contributed by atoms with Crippen molar-refractivity contribution in [2.75, 3.05) is 0 Å². The zero-order valence-corrected chi connectivity index (χ0v) is 10.5. The van der Waals surface area contributed by atoms with Crippen molar-refractivity contribution in [3.63, 3.8) is 0 Å². The summed E-state index contributed by atoms with van der Waals surface area (Å²) in [5.74, 6) is 0.270. The molecule has 1 heterocycles. The molecule has 0 bridgehead atoms. The van der Waals surface area contributed by atoms with E-state index in [0.717, 1.165) is 11.3 Å². The number of benzene rings is 1. The number of non-ortho nitro benzene ring substituents is 1. The first kappa shape index (κ1) is 11.2. The van der Waals surface area contributed by atoms with Crippen LogP contribution in [0.15, 0.2) is 29.4 Å². The molecule has 5 nitrogen and oxygen atoms in total. The van der Waals surface area contributed by atoms with Gasteiger partial charge in [0.25, 0.3) is 5.69 Å². The Morgan fingerprint density at radius 3 is 2.33 bits per heavy atom. The number of nitro benzene ring substituents is 1. The molecule has 1 fully saturated rings. The van der Waals surface area contributed by atoms with Crippen molar-refractivity contribution in [2.45, 2.75) is 26.4 Å². The maximum atomic E-state index is 10.6. The number of rotatable bonds is 2. The number of nitro groups is 1. The minimum absolute atomic E-state index is 0.0753. The molecular formula is C13H14N2O3. The molecule has 1 aliphatic heterocycles. The van der Waals surface area contributed by atoms with Crippen LogP contribution in [0.2, 0.25) is 0 Å². The Morgan fingerprint density at radius 2 is 1.89 bits per heavy atom. The summed E-state index contributed by atoms with van der Waals surface area (Å²) >= 11 is 0. The lowest BCUT2D eigenvalue weighted by atomic mass is 10.0. The van der Waals surface area contributed by atoms with Crippen LogP contribution in [0.4, 0.5) is 5.69 Å². The van der Waals surface area contributed by atoms with Gasteiger partial charge in [-0.1, -0.05) is 19.0 Å². The minimum Gasteiger partial charge on any atom is -0.388 e. The number of fused-ring (bicyclic) bond motifs is 1. The standard InChI is InChI=1S/C13H14N2O3/c1-12(2)11-10(14-18-13(11,12)3)8-4-6-9(7-5-8)15(16)17/h4-7,11H,1-3H3. The third-order valence-corrected chi connectivity index (χ3v) is 4.45. The molecule has 0 spiro atoms. The van der Waals surface area contributed by atoms with Gasteiger partial charge in [-0.05, 0) is 19.1 Å². The molecule has 0 N–H and O–H groups in total. The van der Waals surface area contributed by atoms with Gasteiger partial charge in [-0.15, -0.1) is 0 Å². The van der Waals surface area contributed by atoms with Crippen molar-refractivity contribution >= 4 is 11.4 Å². The molecule has 2 aliphatic rings. The van der Waals surface area contributed by atoms with Crippen molar-refractivity contribution in [3.8, 4) is 0 Å². The van der Waals surface area contributed by atoms with Crippen molar-refractivity contribution < 1.29 is 9.76 Å². The third kappa shape index (κ3) is 1.19. The Kier molecular flexibility index (Phi) is 1.93. The van der Waals surface area contributed by atoms with Gasteiger partial charge in [0.1, 0.15) is 5.60 Å². The first-order valence-corrected chi connectivity index (χ1v) is 5.89. The highest BCUT2D eigenvalue weighted by atomic mass is 16.7. The van der Waals surface area contributed by atoms with Gasteiger partial charge >= 0.3 is 0 Å². The van der Waals surface area contributed by atoms with E-state index in [1.165, 1.54) is 12.1 Å². The number of hydrogen-bond acceptors (Lipinski definition) is 4. The average Bonchev–Trinajstić information content (AvgIpc) is 2.63. The smallest absolute Gasteiger partial charge is 0.269 e. The summed E-state index contributed by atoms with van der Waals surface area (Å²) < 4.78 is 0. The highest BCUT2D eigenvalue weighted by Gasteiger charge is 2.76. The first-order valence-electron chi connectivity index (χ1n) is 5.89. The fourth-order valence-electron chi connectivity index (χ4n) is 2.88. The van der Waals surface area contributed by atoms with E-state index in [1.807, 2.05) is 0 Å². The van der Waals surface area contributed by atoms with Gasteiger partial charge in [0.15, 0.2) is 0 Å². The molecule has 1 aromatic carbocycles. The maximum absolute atomic E-state index is 10.6. The molecule has 0 radical (unpaired) electrons. The van der Waals surface area contributed by atoms with Crippen LogP contribution in [-0.2, 0) is 4.84 Å². The van der Waals surface area contributed by atoms with E-state index in [9.17, 15) is 10.1 Å². The summed E-state index contributed by atoms with van der Waals surface area (Å²) in [6.45, 7) is 6.36. The topological polar surface area (TPSA) is 64.7 Å². The summed E-state index contributed by atoms with van der Waals surface area (Å²) in [6, 6.07) is 6.48. The SMILES string of the molecule is CC1(C)C2C(c3ccc([N+](=O)[O-])cc3)=NOC21C. The Morgan fingerprint density at radius 1 is 1.28 bits per heavy atom. The second-order valence-electron chi connectivity index (χ2n) is 5.63. The molecule has 1 aromatic rings. The van der Waals surface area contributed by atoms with Crippen LogP contribution in [0.5, 0.6) is 0 Å². The van der Waals surface area contributed by atoms with Crippen molar-refractivity contribution in [3.05, 3.63) is 39.9 Å². The minimum atomic E-state index is -0.401. The normalized spacial score (nSPS) is 31.3. The lowest BCUT2D eigenvalue weighted by molar-refractivity contribution is -0.384. The van der Waals surface area contributed by atoms with Crippen LogP contribution in [0.25, 0.3) is 0 Å². The lowest BCUT2D eigenvalue weighted by Crippen LogP contribution is -2.12. The highest BCUT2D eigenvalue weighted by molar-refractivity contribution is 6.06. The van der Waals surface area contributed by atoms with E-state index >= 15 is 0 Å². The predicted molar refractivity (Wildman–Crippen MR) is 66.4 cm³/mol. The van der Waals surface area contributed by atoms with Gasteiger partial charge in [0, 0.05) is 23.1 Å². The van der Waals surface area contributed by atoms with Crippen LogP contribution in [0, 0.1) is 21.4 Å². The van der Waals surface area contributed by atoms with Crippen LogP contribution < -0.4 is 0 Å². The Hall–Kier alpha value is -1.91. The zero-order valence-electron chi connectivity index (χ0n) is 10.5. The van der Waals surface area contributed by atoms with Crippen LogP contribution in [0.3, 0.4) is 0 Å². The van der Waals surface area contributed by atoms with Gasteiger partial charge in [-0.3, -0.25) is 10.1 Å². The van der Waals surface area contributed by atoms with Gasteiger partial charge < -0.3 is 4.84 Å². The molecule has 1 aliphatic carbocycles. The molecule has 3 rings (SSSR count). The average molecular weight is 246 g/mol. The maximum Gasteiger partial charge on any atom is 0.269 e. The second-order valence-corrected chi connectivity index (χ2v) is 5.63. The molecule has 0 saturated heterocycles. The lowest BCUT2D eigenvalue weighted by Gasteiger charge is -2.11. The number of hydrogen-bond donors (Lipinski definition) is 0. The summed E-state index contributed by atoms with van der Waals surface area (Å²) in [7, 11) is 0. The molecule has 0 amide bonds. The third-order valence-electron chi connectivity index (χ3n) is 4.45. The van der Waals surface area contributed by atoms with Crippen LogP contribution >= 0.6 is 0 Å². The van der Waals surface area contributed by atoms with E-state index in [0.29, 0.717) is 0 Å². The van der Waals surface area contributed by atoms with Crippen molar-refractivity contribution in [1.82, 2.24) is 0 Å². The molecular weight excluding hydrogens is 232 g/mol. The molecule has 5 heteroatoms. The van der Waals surface area contributed by atoms with Crippen molar-refractivity contribution in [2.24, 2.45) is 16.5 Å². The van der Waals surface area contributed by atoms with E-state index in [-0.39, 0.29) is 22.6 Å². The zero-order chi connectivity index (χ0) is 13.1. The molecule has 2 unspecified atom stereocenters. The van der Waals surface area contributed by atoms with Gasteiger partial charge in [0.2, 0.25) is 0 Å². The second kappa shape index (κ2) is 3.10. The summed E-state index contributed by atoms with van der Waals surface area (Å²) in [5.41, 5.74) is 1.75. The predicted octanol–water partition coefficient (Wildman–Crippen LogP) is 2.74. The van der Waals surface area contributed by atoms with E-state index in [1.54, 1.807) is 12.1 Å². The molecule has 2 atom stereocenters. The van der Waals surface area contributed by atoms with Crippen LogP contribution in [-0.4, -0.2) is 16.2 Å². The first-order chi connectivity index (χ1) is 8.38. The highest BCUT2D eigenvalue weighted by Crippen LogP contribution is 2.67. The van der Waals surface area contributed by atoms with Gasteiger partial charge in [-0.2, -0.15) is 0 Å². The fourth-order valence-corrected chi connectivity index (χ4v) is 2.88. The molecule has 0 aromatic heterocycles. The van der Waals surface area contributed by atoms with Gasteiger partial charge in [0.05, 0.1) is 16.6 Å². The largest absolute Gasteiger partial charge is 0.388 e.